The molecule has 0 rings (SSSR count). The van der Waals surface area contributed by atoms with E-state index in [1.165, 1.54) is 31.3 Å². The monoisotopic (exact) mass is 277 g/mol. The zero-order valence-corrected chi connectivity index (χ0v) is 13.4. The number of guanidine groups is 1. The lowest BCUT2D eigenvalue weighted by Crippen LogP contribution is -2.30. The molecule has 0 fully saturated rings. The van der Waals surface area contributed by atoms with Crippen molar-refractivity contribution in [2.75, 3.05) is 6.54 Å². The first-order valence-corrected chi connectivity index (χ1v) is 7.70. The molecular weight excluding hydrogens is 246 g/mol. The summed E-state index contributed by atoms with van der Waals surface area (Å²) in [5.74, 6) is 0.437. The van der Waals surface area contributed by atoms with Crippen LogP contribution in [0.4, 0.5) is 0 Å². The second-order valence-electron chi connectivity index (χ2n) is 4.88. The minimum Gasteiger partial charge on any atom is -0.370 e. The lowest BCUT2D eigenvalue weighted by atomic mass is 10.1. The molecule has 0 atom stereocenters. The first-order valence-electron chi connectivity index (χ1n) is 7.70. The Morgan fingerprint density at radius 3 is 2.60 bits per heavy atom. The summed E-state index contributed by atoms with van der Waals surface area (Å²) < 4.78 is 0. The van der Waals surface area contributed by atoms with Gasteiger partial charge in [0.2, 0.25) is 0 Å². The molecule has 0 aromatic carbocycles. The molecule has 114 valence electrons. The molecule has 0 aliphatic rings. The van der Waals surface area contributed by atoms with Crippen molar-refractivity contribution >= 4 is 5.96 Å². The molecule has 0 saturated carbocycles. The van der Waals surface area contributed by atoms with Crippen LogP contribution in [0, 0.1) is 0 Å². The third kappa shape index (κ3) is 10.4. The number of hydrogen-bond donors (Lipinski definition) is 2. The summed E-state index contributed by atoms with van der Waals surface area (Å²) in [7, 11) is 0. The molecule has 0 aromatic rings. The Morgan fingerprint density at radius 2 is 2.00 bits per heavy atom. The number of nitrogens with zero attached hydrogens (tertiary/aromatic N) is 1. The van der Waals surface area contributed by atoms with Gasteiger partial charge in [0.15, 0.2) is 5.96 Å². The first kappa shape index (κ1) is 18.5. The van der Waals surface area contributed by atoms with E-state index in [2.05, 4.69) is 49.0 Å². The van der Waals surface area contributed by atoms with Gasteiger partial charge in [0, 0.05) is 5.70 Å². The smallest absolute Gasteiger partial charge is 0.193 e. The summed E-state index contributed by atoms with van der Waals surface area (Å²) in [5.41, 5.74) is 8.01. The van der Waals surface area contributed by atoms with Crippen LogP contribution < -0.4 is 11.1 Å². The highest BCUT2D eigenvalue weighted by molar-refractivity contribution is 5.79. The maximum atomic E-state index is 5.74. The van der Waals surface area contributed by atoms with Crippen molar-refractivity contribution in [2.45, 2.75) is 59.3 Å². The Balaban J connectivity index is 4.01. The average molecular weight is 277 g/mol. The Morgan fingerprint density at radius 1 is 1.25 bits per heavy atom. The molecule has 0 bridgehead atoms. The van der Waals surface area contributed by atoms with Crippen LogP contribution in [0.5, 0.6) is 0 Å². The first-order chi connectivity index (χ1) is 9.63. The van der Waals surface area contributed by atoms with E-state index < -0.39 is 0 Å². The average Bonchev–Trinajstić information content (AvgIpc) is 2.45. The highest BCUT2D eigenvalue weighted by Crippen LogP contribution is 2.11. The van der Waals surface area contributed by atoms with Gasteiger partial charge in [-0.15, -0.1) is 0 Å². The molecule has 0 aliphatic heterocycles. The van der Waals surface area contributed by atoms with Crippen LogP contribution in [-0.2, 0) is 0 Å². The summed E-state index contributed by atoms with van der Waals surface area (Å²) >= 11 is 0. The predicted molar refractivity (Wildman–Crippen MR) is 90.7 cm³/mol. The van der Waals surface area contributed by atoms with E-state index in [9.17, 15) is 0 Å². The van der Waals surface area contributed by atoms with Gasteiger partial charge in [-0.05, 0) is 26.2 Å². The molecule has 20 heavy (non-hydrogen) atoms. The van der Waals surface area contributed by atoms with E-state index >= 15 is 0 Å². The van der Waals surface area contributed by atoms with Crippen LogP contribution >= 0.6 is 0 Å². The van der Waals surface area contributed by atoms with E-state index in [-0.39, 0.29) is 0 Å². The highest BCUT2D eigenvalue weighted by atomic mass is 15.1. The molecule has 0 saturated heterocycles. The summed E-state index contributed by atoms with van der Waals surface area (Å²) in [6.45, 7) is 10.8. The fourth-order valence-corrected chi connectivity index (χ4v) is 1.74. The second-order valence-corrected chi connectivity index (χ2v) is 4.88. The lowest BCUT2D eigenvalue weighted by Gasteiger charge is -2.05. The van der Waals surface area contributed by atoms with Crippen molar-refractivity contribution in [3.8, 4) is 0 Å². The lowest BCUT2D eigenvalue weighted by molar-refractivity contribution is 0.668. The number of nitrogens with two attached hydrogens (primary N) is 1. The molecule has 0 heterocycles. The predicted octanol–water partition coefficient (Wildman–Crippen LogP) is 4.29. The summed E-state index contributed by atoms with van der Waals surface area (Å²) in [6, 6.07) is 0. The zero-order chi connectivity index (χ0) is 15.2. The normalized spacial score (nSPS) is 12.9. The standard InChI is InChI=1S/C17H31N3/c1-5-8-9-10-12-16(7-3)13-11-14-19-17(18)20-15(4)6-2/h7,11,13H,4-6,8-10,12,14H2,1-3H3,(H3,18,19,20)/b13-11-,16-7-. The Labute approximate surface area is 124 Å². The van der Waals surface area contributed by atoms with Crippen molar-refractivity contribution in [3.63, 3.8) is 0 Å². The third-order valence-corrected chi connectivity index (χ3v) is 3.12. The highest BCUT2D eigenvalue weighted by Gasteiger charge is 1.93. The van der Waals surface area contributed by atoms with Gasteiger partial charge in [0.05, 0.1) is 6.54 Å². The summed E-state index contributed by atoms with van der Waals surface area (Å²) in [5, 5.41) is 2.96. The van der Waals surface area contributed by atoms with Crippen LogP contribution in [0.25, 0.3) is 0 Å². The van der Waals surface area contributed by atoms with E-state index in [0.717, 1.165) is 18.5 Å². The molecule has 0 spiro atoms. The van der Waals surface area contributed by atoms with Gasteiger partial charge in [-0.2, -0.15) is 0 Å². The minimum atomic E-state index is 0.437. The van der Waals surface area contributed by atoms with E-state index in [1.54, 1.807) is 0 Å². The van der Waals surface area contributed by atoms with Gasteiger partial charge in [0.1, 0.15) is 0 Å². The number of rotatable bonds is 10. The largest absolute Gasteiger partial charge is 0.370 e. The maximum absolute atomic E-state index is 5.74. The molecular formula is C17H31N3. The van der Waals surface area contributed by atoms with E-state index in [0.29, 0.717) is 12.5 Å². The molecule has 0 unspecified atom stereocenters. The van der Waals surface area contributed by atoms with Crippen LogP contribution in [0.15, 0.2) is 41.1 Å². The van der Waals surface area contributed by atoms with Gasteiger partial charge in [0.25, 0.3) is 0 Å². The van der Waals surface area contributed by atoms with Gasteiger partial charge in [-0.1, -0.05) is 63.5 Å². The van der Waals surface area contributed by atoms with Crippen LogP contribution in [0.2, 0.25) is 0 Å². The minimum absolute atomic E-state index is 0.437. The van der Waals surface area contributed by atoms with Crippen molar-refractivity contribution in [2.24, 2.45) is 10.7 Å². The third-order valence-electron chi connectivity index (χ3n) is 3.12. The van der Waals surface area contributed by atoms with Gasteiger partial charge < -0.3 is 11.1 Å². The van der Waals surface area contributed by atoms with E-state index in [4.69, 9.17) is 5.73 Å². The molecule has 0 aliphatic carbocycles. The van der Waals surface area contributed by atoms with Crippen LogP contribution in [-0.4, -0.2) is 12.5 Å². The zero-order valence-electron chi connectivity index (χ0n) is 13.4. The summed E-state index contributed by atoms with van der Waals surface area (Å²) in [4.78, 5) is 4.24. The Kier molecular flexibility index (Phi) is 11.6. The van der Waals surface area contributed by atoms with Crippen LogP contribution in [0.3, 0.4) is 0 Å². The number of unbranched alkanes of at least 4 members (excludes halogenated alkanes) is 3. The maximum Gasteiger partial charge on any atom is 0.193 e. The van der Waals surface area contributed by atoms with Gasteiger partial charge in [-0.25, -0.2) is 4.99 Å². The SMILES string of the molecule is C=C(CC)NC(N)=NC/C=C\C(=C/C)CCCCCC. The molecule has 0 amide bonds. The molecule has 0 aromatic heterocycles. The fourth-order valence-electron chi connectivity index (χ4n) is 1.74. The van der Waals surface area contributed by atoms with Crippen molar-refractivity contribution in [1.29, 1.82) is 0 Å². The fraction of sp³-hybridized carbons (Fsp3) is 0.588. The number of nitrogens with one attached hydrogen (secondary N) is 1. The number of hydrogen-bond acceptors (Lipinski definition) is 1. The van der Waals surface area contributed by atoms with Crippen LogP contribution in [0.1, 0.15) is 59.3 Å². The quantitative estimate of drug-likeness (QED) is 0.271. The Hall–Kier alpha value is -1.51. The topological polar surface area (TPSA) is 50.4 Å². The number of aliphatic imine (C=N–C) groups is 1. The van der Waals surface area contributed by atoms with Crippen molar-refractivity contribution < 1.29 is 0 Å². The van der Waals surface area contributed by atoms with Gasteiger partial charge >= 0.3 is 0 Å². The van der Waals surface area contributed by atoms with E-state index in [1.807, 2.05) is 6.92 Å². The van der Waals surface area contributed by atoms with Gasteiger partial charge in [-0.3, -0.25) is 0 Å². The van der Waals surface area contributed by atoms with Crippen molar-refractivity contribution in [1.82, 2.24) is 5.32 Å². The molecule has 3 N–H and O–H groups in total. The Bertz CT molecular complexity index is 351. The summed E-state index contributed by atoms with van der Waals surface area (Å²) in [6.07, 6.45) is 13.6. The molecule has 3 nitrogen and oxygen atoms in total. The van der Waals surface area contributed by atoms with Crippen molar-refractivity contribution in [3.05, 3.63) is 36.1 Å². The number of allylic oxidation sites excluding steroid dienone is 4. The second kappa shape index (κ2) is 12.5. The molecule has 3 heteroatoms. The molecule has 0 radical (unpaired) electrons.